The molecule has 0 bridgehead atoms. The summed E-state index contributed by atoms with van der Waals surface area (Å²) in [5.41, 5.74) is 1.93. The maximum absolute atomic E-state index is 11.9. The minimum absolute atomic E-state index is 0.233. The molecule has 2 aromatic rings. The molecule has 0 aliphatic heterocycles. The van der Waals surface area contributed by atoms with Gasteiger partial charge in [-0.3, -0.25) is 5.32 Å². The van der Waals surface area contributed by atoms with Crippen molar-refractivity contribution in [2.45, 2.75) is 12.6 Å². The molecule has 0 saturated heterocycles. The third kappa shape index (κ3) is 3.93. The summed E-state index contributed by atoms with van der Waals surface area (Å²) in [5, 5.41) is 12.0. The van der Waals surface area contributed by atoms with Crippen LogP contribution in [0.4, 0.5) is 0 Å². The van der Waals surface area contributed by atoms with Crippen LogP contribution < -0.4 is 5.32 Å². The fraction of sp³-hybridized carbons (Fsp3) is 0.176. The lowest BCUT2D eigenvalue weighted by Crippen LogP contribution is -2.29. The highest BCUT2D eigenvalue weighted by Crippen LogP contribution is 2.15. The summed E-state index contributed by atoms with van der Waals surface area (Å²) >= 11 is 0. The first kappa shape index (κ1) is 15.7. The van der Waals surface area contributed by atoms with E-state index in [4.69, 9.17) is 9.84 Å². The molecule has 0 spiro atoms. The molecule has 0 aliphatic rings. The third-order valence-corrected chi connectivity index (χ3v) is 3.28. The number of carbonyl (C=O) groups is 2. The zero-order chi connectivity index (χ0) is 15.9. The molecule has 0 radical (unpaired) electrons. The number of carboxylic acids is 1. The van der Waals surface area contributed by atoms with Gasteiger partial charge in [-0.15, -0.1) is 0 Å². The average Bonchev–Trinajstić information content (AvgIpc) is 2.56. The average molecular weight is 299 g/mol. The zero-order valence-corrected chi connectivity index (χ0v) is 12.2. The highest BCUT2D eigenvalue weighted by atomic mass is 16.5. The molecule has 1 unspecified atom stereocenters. The number of rotatable bonds is 6. The Balaban J connectivity index is 2.08. The zero-order valence-electron chi connectivity index (χ0n) is 12.2. The highest BCUT2D eigenvalue weighted by Gasteiger charge is 2.20. The Morgan fingerprint density at radius 2 is 1.73 bits per heavy atom. The summed E-state index contributed by atoms with van der Waals surface area (Å²) in [6.07, 6.45) is 0. The van der Waals surface area contributed by atoms with Gasteiger partial charge in [0.15, 0.2) is 0 Å². The van der Waals surface area contributed by atoms with Gasteiger partial charge < -0.3 is 9.84 Å². The van der Waals surface area contributed by atoms with Crippen LogP contribution in [0.2, 0.25) is 0 Å². The molecule has 0 heterocycles. The van der Waals surface area contributed by atoms with E-state index in [1.165, 1.54) is 19.2 Å². The molecular formula is C17H17NO4. The molecule has 0 aliphatic carbocycles. The predicted octanol–water partition coefficient (Wildman–Crippen LogP) is 2.39. The number of methoxy groups -OCH3 is 1. The van der Waals surface area contributed by atoms with Crippen molar-refractivity contribution in [2.24, 2.45) is 0 Å². The maximum Gasteiger partial charge on any atom is 0.335 e. The lowest BCUT2D eigenvalue weighted by Gasteiger charge is -2.17. The number of benzene rings is 2. The summed E-state index contributed by atoms with van der Waals surface area (Å²) in [4.78, 5) is 22.7. The number of carbonyl (C=O) groups excluding carboxylic acids is 1. The Bertz CT molecular complexity index is 637. The van der Waals surface area contributed by atoms with Crippen molar-refractivity contribution in [3.8, 4) is 0 Å². The van der Waals surface area contributed by atoms with Crippen molar-refractivity contribution in [3.63, 3.8) is 0 Å². The van der Waals surface area contributed by atoms with Crippen LogP contribution >= 0.6 is 0 Å². The number of carboxylic acid groups (broad SMARTS) is 1. The summed E-state index contributed by atoms with van der Waals surface area (Å²) in [7, 11) is 1.35. The lowest BCUT2D eigenvalue weighted by molar-refractivity contribution is -0.143. The van der Waals surface area contributed by atoms with Gasteiger partial charge in [-0.25, -0.2) is 9.59 Å². The smallest absolute Gasteiger partial charge is 0.335 e. The summed E-state index contributed by atoms with van der Waals surface area (Å²) < 4.78 is 4.83. The summed E-state index contributed by atoms with van der Waals surface area (Å²) in [6.45, 7) is 0.425. The molecule has 0 amide bonds. The van der Waals surface area contributed by atoms with Crippen molar-refractivity contribution in [2.75, 3.05) is 7.11 Å². The van der Waals surface area contributed by atoms with Gasteiger partial charge in [0.05, 0.1) is 12.7 Å². The van der Waals surface area contributed by atoms with Crippen molar-refractivity contribution in [3.05, 3.63) is 71.3 Å². The standard InChI is InChI=1S/C17H17NO4/c1-22-17(21)15(13-5-3-2-4-6-13)18-11-12-7-9-14(10-8-12)16(19)20/h2-10,15,18H,11H2,1H3,(H,19,20). The van der Waals surface area contributed by atoms with Crippen LogP contribution in [0.25, 0.3) is 0 Å². The van der Waals surface area contributed by atoms with Gasteiger partial charge in [0.2, 0.25) is 0 Å². The van der Waals surface area contributed by atoms with Gasteiger partial charge in [-0.2, -0.15) is 0 Å². The number of hydrogen-bond donors (Lipinski definition) is 2. The summed E-state index contributed by atoms with van der Waals surface area (Å²) in [5.74, 6) is -1.33. The predicted molar refractivity (Wildman–Crippen MR) is 81.4 cm³/mol. The first-order chi connectivity index (χ1) is 10.6. The van der Waals surface area contributed by atoms with E-state index in [0.717, 1.165) is 11.1 Å². The van der Waals surface area contributed by atoms with Crippen LogP contribution in [0.1, 0.15) is 27.5 Å². The molecule has 2 aromatic carbocycles. The van der Waals surface area contributed by atoms with Crippen molar-refractivity contribution >= 4 is 11.9 Å². The van der Waals surface area contributed by atoms with Crippen molar-refractivity contribution < 1.29 is 19.4 Å². The molecule has 0 fully saturated rings. The third-order valence-electron chi connectivity index (χ3n) is 3.28. The molecule has 114 valence electrons. The first-order valence-corrected chi connectivity index (χ1v) is 6.80. The summed E-state index contributed by atoms with van der Waals surface area (Å²) in [6, 6.07) is 15.2. The minimum atomic E-state index is -0.962. The van der Waals surface area contributed by atoms with Crippen LogP contribution in [0.5, 0.6) is 0 Å². The van der Waals surface area contributed by atoms with Gasteiger partial charge in [0.25, 0.3) is 0 Å². The van der Waals surface area contributed by atoms with Crippen molar-refractivity contribution in [1.82, 2.24) is 5.32 Å². The number of nitrogens with one attached hydrogen (secondary N) is 1. The topological polar surface area (TPSA) is 75.6 Å². The van der Waals surface area contributed by atoms with E-state index in [-0.39, 0.29) is 11.5 Å². The van der Waals surface area contributed by atoms with E-state index in [1.54, 1.807) is 12.1 Å². The molecule has 2 rings (SSSR count). The molecule has 0 saturated carbocycles. The fourth-order valence-electron chi connectivity index (χ4n) is 2.09. The van der Waals surface area contributed by atoms with Crippen LogP contribution in [0.15, 0.2) is 54.6 Å². The molecule has 0 aromatic heterocycles. The van der Waals surface area contributed by atoms with E-state index in [2.05, 4.69) is 5.32 Å². The molecule has 5 nitrogen and oxygen atoms in total. The second-order valence-electron chi connectivity index (χ2n) is 4.75. The Hall–Kier alpha value is -2.66. The normalized spacial score (nSPS) is 11.7. The quantitative estimate of drug-likeness (QED) is 0.801. The van der Waals surface area contributed by atoms with Crippen LogP contribution in [0, 0.1) is 0 Å². The Labute approximate surface area is 128 Å². The number of ether oxygens (including phenoxy) is 1. The molecule has 1 atom stereocenters. The lowest BCUT2D eigenvalue weighted by atomic mass is 10.1. The van der Waals surface area contributed by atoms with E-state index in [0.29, 0.717) is 6.54 Å². The minimum Gasteiger partial charge on any atom is -0.478 e. The monoisotopic (exact) mass is 299 g/mol. The SMILES string of the molecule is COC(=O)C(NCc1ccc(C(=O)O)cc1)c1ccccc1. The number of hydrogen-bond acceptors (Lipinski definition) is 4. The second kappa shape index (κ2) is 7.38. The molecule has 5 heteroatoms. The van der Waals surface area contributed by atoms with E-state index < -0.39 is 12.0 Å². The number of esters is 1. The van der Waals surface area contributed by atoms with E-state index in [1.807, 2.05) is 30.3 Å². The molecule has 2 N–H and O–H groups in total. The van der Waals surface area contributed by atoms with Crippen LogP contribution in [0.3, 0.4) is 0 Å². The van der Waals surface area contributed by atoms with E-state index in [9.17, 15) is 9.59 Å². The molecular weight excluding hydrogens is 282 g/mol. The van der Waals surface area contributed by atoms with Gasteiger partial charge in [0.1, 0.15) is 6.04 Å². The fourth-order valence-corrected chi connectivity index (χ4v) is 2.09. The van der Waals surface area contributed by atoms with Gasteiger partial charge in [0, 0.05) is 6.54 Å². The largest absolute Gasteiger partial charge is 0.478 e. The van der Waals surface area contributed by atoms with Crippen LogP contribution in [-0.2, 0) is 16.1 Å². The highest BCUT2D eigenvalue weighted by molar-refractivity contribution is 5.87. The van der Waals surface area contributed by atoms with Gasteiger partial charge in [-0.1, -0.05) is 42.5 Å². The van der Waals surface area contributed by atoms with Crippen LogP contribution in [-0.4, -0.2) is 24.2 Å². The number of aromatic carboxylic acids is 1. The Kier molecular flexibility index (Phi) is 5.27. The Morgan fingerprint density at radius 1 is 1.09 bits per heavy atom. The second-order valence-corrected chi connectivity index (χ2v) is 4.75. The van der Waals surface area contributed by atoms with Gasteiger partial charge in [-0.05, 0) is 23.3 Å². The Morgan fingerprint density at radius 3 is 2.27 bits per heavy atom. The molecule has 22 heavy (non-hydrogen) atoms. The maximum atomic E-state index is 11.9. The first-order valence-electron chi connectivity index (χ1n) is 6.80. The van der Waals surface area contributed by atoms with Crippen molar-refractivity contribution in [1.29, 1.82) is 0 Å². The van der Waals surface area contributed by atoms with Gasteiger partial charge >= 0.3 is 11.9 Å². The van der Waals surface area contributed by atoms with E-state index >= 15 is 0 Å².